The fourth-order valence-electron chi connectivity index (χ4n) is 6.61. The van der Waals surface area contributed by atoms with Crippen LogP contribution < -0.4 is 0 Å². The van der Waals surface area contributed by atoms with Crippen LogP contribution in [0, 0.1) is 29.1 Å². The molecule has 1 nitrogen and oxygen atoms in total. The Morgan fingerprint density at radius 3 is 2.91 bits per heavy atom. The Morgan fingerprint density at radius 1 is 1.14 bits per heavy atom. The van der Waals surface area contributed by atoms with Crippen molar-refractivity contribution >= 4 is 28.4 Å². The number of fused-ring (bicyclic) bond motifs is 5. The predicted octanol–water partition coefficient (Wildman–Crippen LogP) is 5.84. The van der Waals surface area contributed by atoms with Crippen molar-refractivity contribution in [2.45, 2.75) is 64.2 Å². The number of carbonyl (C=O) groups excluding carboxylic acids is 1. The van der Waals surface area contributed by atoms with E-state index in [1.54, 1.807) is 0 Å². The van der Waals surface area contributed by atoms with Crippen LogP contribution in [-0.2, 0) is 4.79 Å². The van der Waals surface area contributed by atoms with E-state index >= 15 is 0 Å². The summed E-state index contributed by atoms with van der Waals surface area (Å²) in [5.74, 6) is 3.97. The molecule has 4 rings (SSSR count). The van der Waals surface area contributed by atoms with Crippen molar-refractivity contribution in [2.75, 3.05) is 0 Å². The lowest BCUT2D eigenvalue weighted by Gasteiger charge is -2.53. The molecule has 0 N–H and O–H groups in total. The summed E-state index contributed by atoms with van der Waals surface area (Å²) in [7, 11) is 0. The lowest BCUT2D eigenvalue weighted by molar-refractivity contribution is -0.116. The lowest BCUT2D eigenvalue weighted by Crippen LogP contribution is -2.45. The van der Waals surface area contributed by atoms with E-state index in [-0.39, 0.29) is 0 Å². The zero-order valence-corrected chi connectivity index (χ0v) is 15.6. The summed E-state index contributed by atoms with van der Waals surface area (Å²) >= 11 is 2.38. The molecule has 4 aliphatic carbocycles. The SMILES string of the molecule is O=C1C=C2CC[C@@H]3[C@H](CC[C@]4(CC=CI)CCC[C@@H]34)[C@H]2CC1. The van der Waals surface area contributed by atoms with Gasteiger partial charge in [0.15, 0.2) is 5.78 Å². The lowest BCUT2D eigenvalue weighted by atomic mass is 9.51. The van der Waals surface area contributed by atoms with Crippen LogP contribution in [0.3, 0.4) is 0 Å². The first-order chi connectivity index (χ1) is 10.7. The number of ketones is 1. The molecule has 0 aromatic rings. The van der Waals surface area contributed by atoms with Crippen LogP contribution in [0.5, 0.6) is 0 Å². The Hall–Kier alpha value is -0.120. The molecule has 22 heavy (non-hydrogen) atoms. The van der Waals surface area contributed by atoms with Crippen molar-refractivity contribution in [1.82, 2.24) is 0 Å². The van der Waals surface area contributed by atoms with Gasteiger partial charge in [0.1, 0.15) is 0 Å². The van der Waals surface area contributed by atoms with E-state index < -0.39 is 0 Å². The van der Waals surface area contributed by atoms with E-state index in [1.165, 1.54) is 56.9 Å². The molecule has 4 aliphatic rings. The number of halogens is 1. The third kappa shape index (κ3) is 2.44. The van der Waals surface area contributed by atoms with Gasteiger partial charge in [0, 0.05) is 6.42 Å². The fourth-order valence-corrected chi connectivity index (χ4v) is 6.86. The highest BCUT2D eigenvalue weighted by molar-refractivity contribution is 14.1. The average Bonchev–Trinajstić information content (AvgIpc) is 2.96. The second-order valence-electron chi connectivity index (χ2n) is 8.16. The van der Waals surface area contributed by atoms with E-state index in [2.05, 4.69) is 32.7 Å². The highest BCUT2D eigenvalue weighted by Crippen LogP contribution is 2.63. The largest absolute Gasteiger partial charge is 0.295 e. The van der Waals surface area contributed by atoms with Crippen LogP contribution in [-0.4, -0.2) is 5.78 Å². The van der Waals surface area contributed by atoms with Gasteiger partial charge in [-0.3, -0.25) is 4.79 Å². The molecule has 3 saturated carbocycles. The van der Waals surface area contributed by atoms with Crippen LogP contribution >= 0.6 is 22.6 Å². The molecule has 0 aliphatic heterocycles. The minimum absolute atomic E-state index is 0.392. The van der Waals surface area contributed by atoms with Gasteiger partial charge in [-0.05, 0) is 90.6 Å². The van der Waals surface area contributed by atoms with Gasteiger partial charge in [-0.15, -0.1) is 0 Å². The van der Waals surface area contributed by atoms with Crippen molar-refractivity contribution in [3.8, 4) is 0 Å². The van der Waals surface area contributed by atoms with Gasteiger partial charge < -0.3 is 0 Å². The van der Waals surface area contributed by atoms with Gasteiger partial charge in [-0.2, -0.15) is 0 Å². The number of carbonyl (C=O) groups is 1. The Kier molecular flexibility index (Phi) is 4.25. The second-order valence-corrected chi connectivity index (χ2v) is 8.88. The molecular formula is C20H27IO. The van der Waals surface area contributed by atoms with Gasteiger partial charge in [0.25, 0.3) is 0 Å². The van der Waals surface area contributed by atoms with Gasteiger partial charge in [-0.25, -0.2) is 0 Å². The minimum Gasteiger partial charge on any atom is -0.295 e. The highest BCUT2D eigenvalue weighted by atomic mass is 127. The molecule has 0 saturated heterocycles. The zero-order valence-electron chi connectivity index (χ0n) is 13.4. The molecule has 0 aromatic heterocycles. The third-order valence-corrected chi connectivity index (χ3v) is 7.95. The first kappa shape index (κ1) is 15.4. The summed E-state index contributed by atoms with van der Waals surface area (Å²) in [6.45, 7) is 0. The van der Waals surface area contributed by atoms with E-state index in [9.17, 15) is 4.79 Å². The van der Waals surface area contributed by atoms with Crippen molar-refractivity contribution < 1.29 is 4.79 Å². The Morgan fingerprint density at radius 2 is 2.05 bits per heavy atom. The zero-order chi connectivity index (χ0) is 15.2. The van der Waals surface area contributed by atoms with Crippen LogP contribution in [0.4, 0.5) is 0 Å². The number of allylic oxidation sites excluding steroid dienone is 2. The smallest absolute Gasteiger partial charge is 0.155 e. The molecule has 0 amide bonds. The summed E-state index contributed by atoms with van der Waals surface area (Å²) in [5, 5.41) is 0. The first-order valence-corrected chi connectivity index (χ1v) is 10.5. The molecule has 2 heteroatoms. The molecule has 0 spiro atoms. The average molecular weight is 410 g/mol. The number of rotatable bonds is 2. The molecule has 0 heterocycles. The minimum atomic E-state index is 0.392. The fraction of sp³-hybridized carbons (Fsp3) is 0.750. The quantitative estimate of drug-likeness (QED) is 0.523. The maximum Gasteiger partial charge on any atom is 0.155 e. The summed E-state index contributed by atoms with van der Waals surface area (Å²) < 4.78 is 2.22. The maximum absolute atomic E-state index is 11.7. The van der Waals surface area contributed by atoms with Gasteiger partial charge >= 0.3 is 0 Å². The number of hydrogen-bond acceptors (Lipinski definition) is 1. The Balaban J connectivity index is 1.59. The maximum atomic E-state index is 11.7. The van der Waals surface area contributed by atoms with Crippen molar-refractivity contribution in [2.24, 2.45) is 29.1 Å². The van der Waals surface area contributed by atoms with Crippen LogP contribution in [0.2, 0.25) is 0 Å². The molecular weight excluding hydrogens is 383 g/mol. The van der Waals surface area contributed by atoms with E-state index in [1.807, 2.05) is 6.08 Å². The standard InChI is InChI=1S/C20H27IO/c21-12-2-10-20-9-1-3-19(20)18-6-4-14-13-15(22)5-7-16(14)17(18)8-11-20/h2,12-13,16-19H,1,3-11H2/t16-,17+,18+,19-,20+/m0/s1. The Labute approximate surface area is 148 Å². The molecule has 3 fully saturated rings. The number of hydrogen-bond donors (Lipinski definition) is 0. The third-order valence-electron chi connectivity index (χ3n) is 7.44. The predicted molar refractivity (Wildman–Crippen MR) is 98.8 cm³/mol. The van der Waals surface area contributed by atoms with Crippen LogP contribution in [0.25, 0.3) is 0 Å². The van der Waals surface area contributed by atoms with E-state index in [4.69, 9.17) is 0 Å². The molecule has 0 bridgehead atoms. The van der Waals surface area contributed by atoms with E-state index in [0.29, 0.717) is 11.2 Å². The molecule has 5 atom stereocenters. The molecule has 0 radical (unpaired) electrons. The summed E-state index contributed by atoms with van der Waals surface area (Å²) in [6.07, 6.45) is 17.6. The second kappa shape index (κ2) is 6.07. The molecule has 120 valence electrons. The monoisotopic (exact) mass is 410 g/mol. The van der Waals surface area contributed by atoms with Crippen molar-refractivity contribution in [1.29, 1.82) is 0 Å². The summed E-state index contributed by atoms with van der Waals surface area (Å²) in [5.41, 5.74) is 2.16. The molecule has 0 aromatic carbocycles. The normalized spacial score (nSPS) is 44.4. The van der Waals surface area contributed by atoms with Gasteiger partial charge in [0.05, 0.1) is 0 Å². The van der Waals surface area contributed by atoms with Gasteiger partial charge in [0.2, 0.25) is 0 Å². The van der Waals surface area contributed by atoms with E-state index in [0.717, 1.165) is 36.5 Å². The topological polar surface area (TPSA) is 17.1 Å². The molecule has 0 unspecified atom stereocenters. The van der Waals surface area contributed by atoms with Gasteiger partial charge in [-0.1, -0.05) is 40.7 Å². The Bertz CT molecular complexity index is 520. The van der Waals surface area contributed by atoms with Crippen molar-refractivity contribution in [3.63, 3.8) is 0 Å². The highest BCUT2D eigenvalue weighted by Gasteiger charge is 2.53. The summed E-state index contributed by atoms with van der Waals surface area (Å²) in [6, 6.07) is 0. The van der Waals surface area contributed by atoms with Crippen LogP contribution in [0.1, 0.15) is 64.2 Å². The summed E-state index contributed by atoms with van der Waals surface area (Å²) in [4.78, 5) is 11.7. The first-order valence-electron chi connectivity index (χ1n) is 9.22. The van der Waals surface area contributed by atoms with Crippen molar-refractivity contribution in [3.05, 3.63) is 21.8 Å². The van der Waals surface area contributed by atoms with Crippen LogP contribution in [0.15, 0.2) is 21.8 Å².